The highest BCUT2D eigenvalue weighted by Crippen LogP contribution is 2.30. The maximum Gasteiger partial charge on any atom is 0.274 e. The summed E-state index contributed by atoms with van der Waals surface area (Å²) in [5.41, 5.74) is -0.579. The van der Waals surface area contributed by atoms with Crippen molar-refractivity contribution in [1.29, 1.82) is 0 Å². The van der Waals surface area contributed by atoms with E-state index in [1.165, 1.54) is 36.4 Å². The molecule has 0 saturated heterocycles. The Balaban J connectivity index is 1.71. The lowest BCUT2D eigenvalue weighted by molar-refractivity contribution is -0.385. The highest BCUT2D eigenvalue weighted by Gasteiger charge is 2.38. The van der Waals surface area contributed by atoms with E-state index in [4.69, 9.17) is 0 Å². The minimum atomic E-state index is -0.790. The number of nitro benzene ring substituents is 1. The number of hydrogen-bond donors (Lipinski definition) is 0. The van der Waals surface area contributed by atoms with E-state index in [1.54, 1.807) is 0 Å². The topological polar surface area (TPSA) is 154 Å². The molecule has 1 aliphatic rings. The third kappa shape index (κ3) is 3.29. The van der Waals surface area contributed by atoms with Crippen molar-refractivity contribution in [3.8, 4) is 0 Å². The lowest BCUT2D eigenvalue weighted by Gasteiger charge is -2.11. The van der Waals surface area contributed by atoms with E-state index in [-0.39, 0.29) is 39.4 Å². The monoisotopic (exact) mass is 418 g/mol. The number of nitrogens with zero attached hydrogens (tertiary/aromatic N) is 4. The molecule has 11 nitrogen and oxygen atoms in total. The first kappa shape index (κ1) is 19.5. The average Bonchev–Trinajstić information content (AvgIpc) is 3.02. The van der Waals surface area contributed by atoms with Crippen LogP contribution in [-0.2, 0) is 0 Å². The molecule has 0 saturated carbocycles. The zero-order valence-corrected chi connectivity index (χ0v) is 15.4. The van der Waals surface area contributed by atoms with Crippen LogP contribution in [0.5, 0.6) is 0 Å². The fourth-order valence-electron chi connectivity index (χ4n) is 3.16. The molecule has 3 aromatic rings. The molecule has 4 rings (SSSR count). The van der Waals surface area contributed by atoms with Crippen LogP contribution in [0.3, 0.4) is 0 Å². The van der Waals surface area contributed by atoms with Crippen molar-refractivity contribution >= 4 is 34.8 Å². The summed E-state index contributed by atoms with van der Waals surface area (Å²) >= 11 is 0. The van der Waals surface area contributed by atoms with E-state index in [2.05, 4.69) is 4.98 Å². The van der Waals surface area contributed by atoms with Crippen molar-refractivity contribution in [1.82, 2.24) is 4.98 Å². The fourth-order valence-corrected chi connectivity index (χ4v) is 3.16. The van der Waals surface area contributed by atoms with Gasteiger partial charge in [-0.1, -0.05) is 18.2 Å². The first-order valence-electron chi connectivity index (χ1n) is 8.70. The molecule has 31 heavy (non-hydrogen) atoms. The zero-order valence-electron chi connectivity index (χ0n) is 15.4. The Morgan fingerprint density at radius 2 is 1.45 bits per heavy atom. The van der Waals surface area contributed by atoms with Gasteiger partial charge in [0.1, 0.15) is 5.82 Å². The van der Waals surface area contributed by atoms with Crippen LogP contribution in [0.15, 0.2) is 60.8 Å². The van der Waals surface area contributed by atoms with Crippen LogP contribution >= 0.6 is 0 Å². The summed E-state index contributed by atoms with van der Waals surface area (Å²) in [7, 11) is 0. The van der Waals surface area contributed by atoms with Crippen LogP contribution in [0.4, 0.5) is 17.2 Å². The molecule has 0 unspecified atom stereocenters. The van der Waals surface area contributed by atoms with Crippen molar-refractivity contribution in [2.24, 2.45) is 0 Å². The van der Waals surface area contributed by atoms with Crippen LogP contribution in [0.1, 0.15) is 36.6 Å². The summed E-state index contributed by atoms with van der Waals surface area (Å²) in [6, 6.07) is 11.1. The molecule has 152 valence electrons. The minimum absolute atomic E-state index is 0.00824. The van der Waals surface area contributed by atoms with Crippen molar-refractivity contribution < 1.29 is 24.2 Å². The van der Waals surface area contributed by atoms with Gasteiger partial charge in [-0.3, -0.25) is 34.6 Å². The van der Waals surface area contributed by atoms with Gasteiger partial charge in [-0.2, -0.15) is 0 Å². The van der Waals surface area contributed by atoms with Gasteiger partial charge in [0.05, 0.1) is 27.0 Å². The second kappa shape index (κ2) is 7.22. The molecule has 2 amide bonds. The summed E-state index contributed by atoms with van der Waals surface area (Å²) in [4.78, 5) is 63.5. The third-order valence-corrected chi connectivity index (χ3v) is 4.64. The van der Waals surface area contributed by atoms with Gasteiger partial charge < -0.3 is 0 Å². The molecule has 2 heterocycles. The van der Waals surface area contributed by atoms with Gasteiger partial charge in [0, 0.05) is 35.5 Å². The number of carbonyl (C=O) groups excluding carboxylic acids is 3. The minimum Gasteiger partial charge on any atom is -0.289 e. The molecular weight excluding hydrogens is 408 g/mol. The molecule has 1 aliphatic heterocycles. The number of pyridine rings is 1. The first-order chi connectivity index (χ1) is 14.8. The van der Waals surface area contributed by atoms with Crippen molar-refractivity contribution in [3.05, 3.63) is 103 Å². The molecule has 11 heteroatoms. The normalized spacial score (nSPS) is 12.6. The zero-order chi connectivity index (χ0) is 22.3. The Morgan fingerprint density at radius 3 is 2.16 bits per heavy atom. The smallest absolute Gasteiger partial charge is 0.274 e. The molecule has 0 spiro atoms. The van der Waals surface area contributed by atoms with Gasteiger partial charge in [-0.15, -0.1) is 0 Å². The summed E-state index contributed by atoms with van der Waals surface area (Å²) in [5, 5.41) is 21.9. The summed E-state index contributed by atoms with van der Waals surface area (Å²) in [6.07, 6.45) is 1.11. The number of ketones is 1. The first-order valence-corrected chi connectivity index (χ1v) is 8.70. The molecule has 1 aromatic heterocycles. The van der Waals surface area contributed by atoms with Crippen molar-refractivity contribution in [2.75, 3.05) is 4.90 Å². The lowest BCUT2D eigenvalue weighted by atomic mass is 9.99. The van der Waals surface area contributed by atoms with E-state index in [1.807, 2.05) is 0 Å². The van der Waals surface area contributed by atoms with Gasteiger partial charge in [0.2, 0.25) is 0 Å². The van der Waals surface area contributed by atoms with Crippen LogP contribution in [0.25, 0.3) is 0 Å². The summed E-state index contributed by atoms with van der Waals surface area (Å²) < 4.78 is 0. The van der Waals surface area contributed by atoms with Crippen LogP contribution in [0.2, 0.25) is 0 Å². The van der Waals surface area contributed by atoms with Gasteiger partial charge >= 0.3 is 0 Å². The van der Waals surface area contributed by atoms with Crippen molar-refractivity contribution in [3.63, 3.8) is 0 Å². The molecular formula is C20H10N4O7. The number of fused-ring (bicyclic) bond motifs is 1. The summed E-state index contributed by atoms with van der Waals surface area (Å²) in [6.45, 7) is 0. The molecule has 0 aliphatic carbocycles. The number of hydrogen-bond acceptors (Lipinski definition) is 8. The van der Waals surface area contributed by atoms with Crippen LogP contribution in [0, 0.1) is 20.2 Å². The lowest BCUT2D eigenvalue weighted by Crippen LogP contribution is -2.30. The SMILES string of the molecule is O=C(c1cccc([N+](=O)[O-])c1)c1ccc2c(c1)C(=O)N(c1cc([N+](=O)[O-])ccn1)C2=O. The second-order valence-corrected chi connectivity index (χ2v) is 6.47. The largest absolute Gasteiger partial charge is 0.289 e. The van der Waals surface area contributed by atoms with E-state index in [0.717, 1.165) is 24.4 Å². The van der Waals surface area contributed by atoms with Gasteiger partial charge in [-0.25, -0.2) is 9.88 Å². The number of carbonyl (C=O) groups is 3. The Bertz CT molecular complexity index is 1320. The Labute approximate surface area is 172 Å². The second-order valence-electron chi connectivity index (χ2n) is 6.47. The predicted molar refractivity (Wildman–Crippen MR) is 105 cm³/mol. The molecule has 0 fully saturated rings. The van der Waals surface area contributed by atoms with Gasteiger partial charge in [-0.05, 0) is 12.1 Å². The maximum atomic E-state index is 12.8. The highest BCUT2D eigenvalue weighted by atomic mass is 16.6. The molecule has 0 radical (unpaired) electrons. The number of imide groups is 1. The Hall–Kier alpha value is -4.80. The standard InChI is InChI=1S/C20H10N4O7/c25-18(11-2-1-3-13(8-11)23(28)29)12-4-5-15-16(9-12)20(27)22(19(15)26)17-10-14(24(30)31)6-7-21-17/h1-10H. The number of aromatic nitrogens is 1. The molecule has 0 bridgehead atoms. The number of non-ortho nitro benzene ring substituents is 1. The fraction of sp³-hybridized carbons (Fsp3) is 0. The average molecular weight is 418 g/mol. The van der Waals surface area contributed by atoms with Crippen LogP contribution in [-0.4, -0.2) is 32.4 Å². The maximum absolute atomic E-state index is 12.8. The van der Waals surface area contributed by atoms with E-state index in [9.17, 15) is 34.6 Å². The van der Waals surface area contributed by atoms with E-state index < -0.39 is 27.4 Å². The predicted octanol–water partition coefficient (Wildman–Crippen LogP) is 2.93. The van der Waals surface area contributed by atoms with Gasteiger partial charge in [0.25, 0.3) is 23.2 Å². The highest BCUT2D eigenvalue weighted by molar-refractivity contribution is 6.34. The quantitative estimate of drug-likeness (QED) is 0.265. The number of rotatable bonds is 5. The van der Waals surface area contributed by atoms with E-state index in [0.29, 0.717) is 4.90 Å². The number of nitro groups is 2. The Morgan fingerprint density at radius 1 is 0.806 bits per heavy atom. The Kier molecular flexibility index (Phi) is 4.55. The number of anilines is 1. The van der Waals surface area contributed by atoms with Crippen LogP contribution < -0.4 is 4.90 Å². The molecule has 2 aromatic carbocycles. The number of amides is 2. The van der Waals surface area contributed by atoms with Gasteiger partial charge in [0.15, 0.2) is 5.78 Å². The molecule has 0 N–H and O–H groups in total. The molecule has 0 atom stereocenters. The summed E-state index contributed by atoms with van der Waals surface area (Å²) in [5.74, 6) is -2.31. The number of benzene rings is 2. The van der Waals surface area contributed by atoms with Crippen molar-refractivity contribution in [2.45, 2.75) is 0 Å². The third-order valence-electron chi connectivity index (χ3n) is 4.64. The van der Waals surface area contributed by atoms with E-state index >= 15 is 0 Å².